The van der Waals surface area contributed by atoms with Gasteiger partial charge in [0, 0.05) is 19.4 Å². The lowest BCUT2D eigenvalue weighted by Gasteiger charge is -2.32. The molecule has 3 nitrogen and oxygen atoms in total. The third kappa shape index (κ3) is 2.68. The van der Waals surface area contributed by atoms with E-state index in [1.54, 1.807) is 24.0 Å². The number of hydrogen-bond acceptors (Lipinski definition) is 2. The Morgan fingerprint density at radius 1 is 1.33 bits per heavy atom. The number of imidazole rings is 1. The highest BCUT2D eigenvalue weighted by atomic mass is 19.4. The molecule has 1 aliphatic rings. The fourth-order valence-electron chi connectivity index (χ4n) is 2.64. The highest BCUT2D eigenvalue weighted by molar-refractivity contribution is 4.98. The Labute approximate surface area is 104 Å². The second kappa shape index (κ2) is 4.91. The highest BCUT2D eigenvalue weighted by Gasteiger charge is 2.42. The second-order valence-electron chi connectivity index (χ2n) is 4.99. The minimum atomic E-state index is -4.10. The summed E-state index contributed by atoms with van der Waals surface area (Å²) in [4.78, 5) is 4.05. The van der Waals surface area contributed by atoms with Crippen LogP contribution in [0.4, 0.5) is 13.2 Å². The standard InChI is InChI=1S/C12H17F3N2O/c1-17-7-6-16-11(17)10(18)8-2-4-9(5-3-8)12(13,14)15/h6-10,18H,2-5H2,1H3. The summed E-state index contributed by atoms with van der Waals surface area (Å²) in [5.74, 6) is -0.794. The van der Waals surface area contributed by atoms with Crippen LogP contribution in [-0.4, -0.2) is 20.8 Å². The number of aromatic nitrogens is 2. The van der Waals surface area contributed by atoms with Gasteiger partial charge in [-0.1, -0.05) is 0 Å². The number of aliphatic hydroxyl groups is 1. The van der Waals surface area contributed by atoms with Gasteiger partial charge in [-0.05, 0) is 31.6 Å². The molecule has 6 heteroatoms. The Hall–Kier alpha value is -1.04. The average molecular weight is 262 g/mol. The number of alkyl halides is 3. The maximum atomic E-state index is 12.5. The largest absolute Gasteiger partial charge is 0.391 e. The Balaban J connectivity index is 1.96. The van der Waals surface area contributed by atoms with E-state index in [1.165, 1.54) is 0 Å². The lowest BCUT2D eigenvalue weighted by Crippen LogP contribution is -2.30. The Morgan fingerprint density at radius 2 is 1.94 bits per heavy atom. The quantitative estimate of drug-likeness (QED) is 0.890. The molecule has 1 N–H and O–H groups in total. The summed E-state index contributed by atoms with van der Waals surface area (Å²) >= 11 is 0. The molecule has 1 atom stereocenters. The van der Waals surface area contributed by atoms with E-state index in [-0.39, 0.29) is 18.8 Å². The second-order valence-corrected chi connectivity index (χ2v) is 4.99. The van der Waals surface area contributed by atoms with E-state index >= 15 is 0 Å². The minimum Gasteiger partial charge on any atom is -0.385 e. The van der Waals surface area contributed by atoms with E-state index in [4.69, 9.17) is 0 Å². The van der Waals surface area contributed by atoms with Crippen molar-refractivity contribution in [1.29, 1.82) is 0 Å². The van der Waals surface area contributed by atoms with Gasteiger partial charge in [0.05, 0.1) is 5.92 Å². The Bertz CT molecular complexity index is 394. The van der Waals surface area contributed by atoms with Gasteiger partial charge >= 0.3 is 6.18 Å². The maximum absolute atomic E-state index is 12.5. The van der Waals surface area contributed by atoms with Crippen molar-refractivity contribution in [3.63, 3.8) is 0 Å². The summed E-state index contributed by atoms with van der Waals surface area (Å²) in [5, 5.41) is 10.1. The smallest absolute Gasteiger partial charge is 0.385 e. The van der Waals surface area contributed by atoms with Gasteiger partial charge in [0.25, 0.3) is 0 Å². The van der Waals surface area contributed by atoms with Gasteiger partial charge < -0.3 is 9.67 Å². The molecule has 1 unspecified atom stereocenters. The van der Waals surface area contributed by atoms with Crippen molar-refractivity contribution in [2.45, 2.75) is 38.0 Å². The number of nitrogens with zero attached hydrogens (tertiary/aromatic N) is 2. The van der Waals surface area contributed by atoms with Crippen LogP contribution >= 0.6 is 0 Å². The van der Waals surface area contributed by atoms with Crippen LogP contribution in [0.1, 0.15) is 37.6 Å². The predicted molar refractivity (Wildman–Crippen MR) is 59.7 cm³/mol. The molecule has 0 bridgehead atoms. The van der Waals surface area contributed by atoms with Crippen LogP contribution in [0, 0.1) is 11.8 Å². The van der Waals surface area contributed by atoms with Gasteiger partial charge in [0.15, 0.2) is 0 Å². The van der Waals surface area contributed by atoms with Gasteiger partial charge in [-0.2, -0.15) is 13.2 Å². The van der Waals surface area contributed by atoms with Crippen LogP contribution < -0.4 is 0 Å². The van der Waals surface area contributed by atoms with E-state index in [0.29, 0.717) is 18.7 Å². The molecule has 0 spiro atoms. The molecule has 1 aliphatic carbocycles. The molecule has 2 rings (SSSR count). The first-order valence-corrected chi connectivity index (χ1v) is 6.11. The fourth-order valence-corrected chi connectivity index (χ4v) is 2.64. The molecule has 1 aromatic heterocycles. The van der Waals surface area contributed by atoms with Crippen LogP contribution in [0.3, 0.4) is 0 Å². The van der Waals surface area contributed by atoms with Gasteiger partial charge in [-0.3, -0.25) is 0 Å². The molecular formula is C12H17F3N2O. The summed E-state index contributed by atoms with van der Waals surface area (Å²) in [7, 11) is 1.77. The van der Waals surface area contributed by atoms with Crippen molar-refractivity contribution >= 4 is 0 Å². The molecular weight excluding hydrogens is 245 g/mol. The van der Waals surface area contributed by atoms with Crippen molar-refractivity contribution < 1.29 is 18.3 Å². The predicted octanol–water partition coefficient (Wildman–Crippen LogP) is 2.82. The van der Waals surface area contributed by atoms with E-state index in [0.717, 1.165) is 0 Å². The van der Waals surface area contributed by atoms with Crippen molar-refractivity contribution in [2.75, 3.05) is 0 Å². The SMILES string of the molecule is Cn1ccnc1C(O)C1CCC(C(F)(F)F)CC1. The molecule has 1 aromatic rings. The van der Waals surface area contributed by atoms with Gasteiger partial charge in [0.2, 0.25) is 0 Å². The zero-order valence-electron chi connectivity index (χ0n) is 10.2. The van der Waals surface area contributed by atoms with Crippen LogP contribution in [0.25, 0.3) is 0 Å². The number of rotatable bonds is 2. The van der Waals surface area contributed by atoms with Crippen molar-refractivity contribution in [1.82, 2.24) is 9.55 Å². The first kappa shape index (κ1) is 13.4. The lowest BCUT2D eigenvalue weighted by atomic mass is 9.79. The van der Waals surface area contributed by atoms with E-state index in [2.05, 4.69) is 4.98 Å². The average Bonchev–Trinajstić information content (AvgIpc) is 2.73. The topological polar surface area (TPSA) is 38.0 Å². The number of halogens is 3. The minimum absolute atomic E-state index is 0.107. The summed E-state index contributed by atoms with van der Waals surface area (Å²) in [6.07, 6.45) is -0.542. The molecule has 102 valence electrons. The number of aryl methyl sites for hydroxylation is 1. The molecule has 1 heterocycles. The molecule has 0 aromatic carbocycles. The van der Waals surface area contributed by atoms with Crippen LogP contribution in [0.5, 0.6) is 0 Å². The Kier molecular flexibility index (Phi) is 3.66. The van der Waals surface area contributed by atoms with E-state index in [9.17, 15) is 18.3 Å². The zero-order chi connectivity index (χ0) is 13.3. The first-order valence-electron chi connectivity index (χ1n) is 6.11. The van der Waals surface area contributed by atoms with Crippen molar-refractivity contribution in [3.05, 3.63) is 18.2 Å². The van der Waals surface area contributed by atoms with E-state index < -0.39 is 18.2 Å². The van der Waals surface area contributed by atoms with Crippen molar-refractivity contribution in [3.8, 4) is 0 Å². The Morgan fingerprint density at radius 3 is 2.39 bits per heavy atom. The third-order valence-electron chi connectivity index (χ3n) is 3.80. The monoisotopic (exact) mass is 262 g/mol. The normalized spacial score (nSPS) is 27.2. The van der Waals surface area contributed by atoms with Gasteiger partial charge in [-0.25, -0.2) is 4.98 Å². The lowest BCUT2D eigenvalue weighted by molar-refractivity contribution is -0.186. The molecule has 18 heavy (non-hydrogen) atoms. The van der Waals surface area contributed by atoms with Gasteiger partial charge in [-0.15, -0.1) is 0 Å². The van der Waals surface area contributed by atoms with Crippen LogP contribution in [0.2, 0.25) is 0 Å². The van der Waals surface area contributed by atoms with Crippen molar-refractivity contribution in [2.24, 2.45) is 18.9 Å². The molecule has 0 amide bonds. The zero-order valence-corrected chi connectivity index (χ0v) is 10.2. The summed E-state index contributed by atoms with van der Waals surface area (Å²) in [6, 6.07) is 0. The molecule has 0 aliphatic heterocycles. The molecule has 1 fully saturated rings. The summed E-state index contributed by atoms with van der Waals surface area (Å²) in [5.41, 5.74) is 0. The molecule has 0 saturated heterocycles. The molecule has 0 radical (unpaired) electrons. The summed E-state index contributed by atoms with van der Waals surface area (Å²) < 4.78 is 39.3. The van der Waals surface area contributed by atoms with Gasteiger partial charge in [0.1, 0.15) is 11.9 Å². The maximum Gasteiger partial charge on any atom is 0.391 e. The number of aliphatic hydroxyl groups excluding tert-OH is 1. The first-order chi connectivity index (χ1) is 8.39. The fraction of sp³-hybridized carbons (Fsp3) is 0.750. The third-order valence-corrected chi connectivity index (χ3v) is 3.80. The summed E-state index contributed by atoms with van der Waals surface area (Å²) in [6.45, 7) is 0. The van der Waals surface area contributed by atoms with Crippen LogP contribution in [0.15, 0.2) is 12.4 Å². The number of hydrogen-bond donors (Lipinski definition) is 1. The molecule has 1 saturated carbocycles. The van der Waals surface area contributed by atoms with Crippen LogP contribution in [-0.2, 0) is 7.05 Å². The van der Waals surface area contributed by atoms with E-state index in [1.807, 2.05) is 0 Å². The highest BCUT2D eigenvalue weighted by Crippen LogP contribution is 2.42.